The van der Waals surface area contributed by atoms with E-state index in [0.717, 1.165) is 12.8 Å². The Kier molecular flexibility index (Phi) is 5.87. The van der Waals surface area contributed by atoms with Gasteiger partial charge in [0.2, 0.25) is 0 Å². The Morgan fingerprint density at radius 2 is 2.05 bits per heavy atom. The summed E-state index contributed by atoms with van der Waals surface area (Å²) in [5.74, 6) is -0.740. The molecule has 0 N–H and O–H groups in total. The van der Waals surface area contributed by atoms with E-state index < -0.39 is 0 Å². The molecule has 0 radical (unpaired) electrons. The number of hydrogen-bond acceptors (Lipinski definition) is 2. The minimum atomic E-state index is -0.384. The monoisotopic (exact) mass is 264 g/mol. The molecule has 0 aromatic heterocycles. The second kappa shape index (κ2) is 7.17. The lowest BCUT2D eigenvalue weighted by Gasteiger charge is -2.12. The van der Waals surface area contributed by atoms with Crippen LogP contribution >= 0.6 is 0 Å². The van der Waals surface area contributed by atoms with Crippen LogP contribution in [-0.4, -0.2) is 12.1 Å². The van der Waals surface area contributed by atoms with E-state index in [1.54, 1.807) is 6.92 Å². The van der Waals surface area contributed by atoms with Gasteiger partial charge >= 0.3 is 0 Å². The van der Waals surface area contributed by atoms with E-state index in [-0.39, 0.29) is 23.1 Å². The molecule has 19 heavy (non-hydrogen) atoms. The van der Waals surface area contributed by atoms with Gasteiger partial charge in [0.1, 0.15) is 5.82 Å². The largest absolute Gasteiger partial charge is 0.298 e. The molecule has 0 amide bonds. The average Bonchev–Trinajstić information content (AvgIpc) is 2.43. The SMILES string of the molecule is CCCCc1cc(C=O)c(C(=O)C(C)CC)cc1F. The maximum atomic E-state index is 13.9. The molecule has 1 rings (SSSR count). The van der Waals surface area contributed by atoms with E-state index in [2.05, 4.69) is 0 Å². The normalized spacial score (nSPS) is 12.2. The average molecular weight is 264 g/mol. The van der Waals surface area contributed by atoms with Gasteiger partial charge < -0.3 is 0 Å². The van der Waals surface area contributed by atoms with Crippen LogP contribution in [0.3, 0.4) is 0 Å². The maximum absolute atomic E-state index is 13.9. The molecule has 0 aliphatic heterocycles. The van der Waals surface area contributed by atoms with Crippen molar-refractivity contribution in [3.05, 3.63) is 34.6 Å². The second-order valence-corrected chi connectivity index (χ2v) is 4.93. The molecule has 1 aromatic carbocycles. The first-order valence-corrected chi connectivity index (χ1v) is 6.86. The number of carbonyl (C=O) groups is 2. The first-order chi connectivity index (χ1) is 9.04. The van der Waals surface area contributed by atoms with Gasteiger partial charge in [-0.05, 0) is 37.0 Å². The van der Waals surface area contributed by atoms with E-state index in [1.165, 1.54) is 12.1 Å². The highest BCUT2D eigenvalue weighted by molar-refractivity contribution is 6.04. The fraction of sp³-hybridized carbons (Fsp3) is 0.500. The van der Waals surface area contributed by atoms with Gasteiger partial charge in [-0.15, -0.1) is 0 Å². The molecule has 1 aromatic rings. The minimum Gasteiger partial charge on any atom is -0.298 e. The van der Waals surface area contributed by atoms with Crippen molar-refractivity contribution >= 4 is 12.1 Å². The Hall–Kier alpha value is -1.51. The molecule has 3 heteroatoms. The summed E-state index contributed by atoms with van der Waals surface area (Å²) in [5, 5.41) is 0. The standard InChI is InChI=1S/C16H21FO2/c1-4-6-7-12-8-13(10-18)14(9-15(12)17)16(19)11(3)5-2/h8-11H,4-7H2,1-3H3. The lowest BCUT2D eigenvalue weighted by Crippen LogP contribution is -2.14. The highest BCUT2D eigenvalue weighted by Gasteiger charge is 2.19. The van der Waals surface area contributed by atoms with E-state index in [9.17, 15) is 14.0 Å². The Bertz CT molecular complexity index is 466. The van der Waals surface area contributed by atoms with Gasteiger partial charge in [0.25, 0.3) is 0 Å². The fourth-order valence-electron chi connectivity index (χ4n) is 1.96. The zero-order valence-electron chi connectivity index (χ0n) is 11.8. The number of rotatable bonds is 7. The summed E-state index contributed by atoms with van der Waals surface area (Å²) in [6.07, 6.45) is 3.75. The van der Waals surface area contributed by atoms with Crippen LogP contribution in [0.4, 0.5) is 4.39 Å². The molecular weight excluding hydrogens is 243 g/mol. The highest BCUT2D eigenvalue weighted by atomic mass is 19.1. The third-order valence-corrected chi connectivity index (χ3v) is 3.47. The van der Waals surface area contributed by atoms with Crippen LogP contribution in [0.15, 0.2) is 12.1 Å². The van der Waals surface area contributed by atoms with E-state index in [1.807, 2.05) is 13.8 Å². The smallest absolute Gasteiger partial charge is 0.166 e. The van der Waals surface area contributed by atoms with Gasteiger partial charge in [0, 0.05) is 17.0 Å². The number of ketones is 1. The number of aryl methyl sites for hydroxylation is 1. The van der Waals surface area contributed by atoms with Gasteiger partial charge in [0.05, 0.1) is 0 Å². The van der Waals surface area contributed by atoms with Crippen LogP contribution in [0, 0.1) is 11.7 Å². The topological polar surface area (TPSA) is 34.1 Å². The number of carbonyl (C=O) groups excluding carboxylic acids is 2. The molecule has 104 valence electrons. The Balaban J connectivity index is 3.16. The summed E-state index contributed by atoms with van der Waals surface area (Å²) in [6.45, 7) is 5.72. The van der Waals surface area contributed by atoms with Crippen LogP contribution in [0.2, 0.25) is 0 Å². The van der Waals surface area contributed by atoms with E-state index in [4.69, 9.17) is 0 Å². The molecule has 0 fully saturated rings. The van der Waals surface area contributed by atoms with Crippen molar-refractivity contribution in [2.45, 2.75) is 46.5 Å². The molecule has 0 aliphatic rings. The molecule has 2 nitrogen and oxygen atoms in total. The molecule has 0 saturated heterocycles. The first kappa shape index (κ1) is 15.5. The van der Waals surface area contributed by atoms with Crippen molar-refractivity contribution < 1.29 is 14.0 Å². The van der Waals surface area contributed by atoms with Crippen molar-refractivity contribution in [3.8, 4) is 0 Å². The zero-order valence-corrected chi connectivity index (χ0v) is 11.8. The minimum absolute atomic E-state index is 0.162. The molecule has 1 atom stereocenters. The Labute approximate surface area is 114 Å². The summed E-state index contributed by atoms with van der Waals surface area (Å²) in [6, 6.07) is 2.75. The number of benzene rings is 1. The fourth-order valence-corrected chi connectivity index (χ4v) is 1.96. The number of unbranched alkanes of at least 4 members (excludes halogenated alkanes) is 1. The van der Waals surface area contributed by atoms with Crippen molar-refractivity contribution in [1.29, 1.82) is 0 Å². The molecule has 0 aliphatic carbocycles. The summed E-state index contributed by atoms with van der Waals surface area (Å²) in [7, 11) is 0. The maximum Gasteiger partial charge on any atom is 0.166 e. The number of aldehydes is 1. The Morgan fingerprint density at radius 1 is 1.37 bits per heavy atom. The second-order valence-electron chi connectivity index (χ2n) is 4.93. The number of halogens is 1. The molecule has 0 saturated carbocycles. The predicted octanol–water partition coefficient (Wildman–Crippen LogP) is 4.21. The number of Topliss-reactive ketones (excluding diaryl/α,β-unsaturated/α-hetero) is 1. The van der Waals surface area contributed by atoms with Crippen LogP contribution in [0.25, 0.3) is 0 Å². The molecule has 0 spiro atoms. The third kappa shape index (κ3) is 3.72. The van der Waals surface area contributed by atoms with Crippen molar-refractivity contribution in [1.82, 2.24) is 0 Å². The summed E-state index contributed by atoms with van der Waals surface area (Å²) in [4.78, 5) is 23.2. The van der Waals surface area contributed by atoms with Crippen LogP contribution < -0.4 is 0 Å². The van der Waals surface area contributed by atoms with Crippen LogP contribution in [0.5, 0.6) is 0 Å². The van der Waals surface area contributed by atoms with Crippen LogP contribution in [0.1, 0.15) is 66.3 Å². The van der Waals surface area contributed by atoms with Crippen molar-refractivity contribution in [3.63, 3.8) is 0 Å². The molecule has 1 unspecified atom stereocenters. The summed E-state index contributed by atoms with van der Waals surface area (Å²) < 4.78 is 13.9. The van der Waals surface area contributed by atoms with Gasteiger partial charge in [-0.3, -0.25) is 9.59 Å². The van der Waals surface area contributed by atoms with Gasteiger partial charge in [-0.2, -0.15) is 0 Å². The number of hydrogen-bond donors (Lipinski definition) is 0. The third-order valence-electron chi connectivity index (χ3n) is 3.47. The van der Waals surface area contributed by atoms with Crippen LogP contribution in [-0.2, 0) is 6.42 Å². The van der Waals surface area contributed by atoms with Crippen molar-refractivity contribution in [2.75, 3.05) is 0 Å². The Morgan fingerprint density at radius 3 is 2.58 bits per heavy atom. The van der Waals surface area contributed by atoms with Gasteiger partial charge in [-0.25, -0.2) is 4.39 Å². The van der Waals surface area contributed by atoms with E-state index in [0.29, 0.717) is 30.3 Å². The van der Waals surface area contributed by atoms with Crippen molar-refractivity contribution in [2.24, 2.45) is 5.92 Å². The zero-order chi connectivity index (χ0) is 14.4. The molecular formula is C16H21FO2. The van der Waals surface area contributed by atoms with Gasteiger partial charge in [0.15, 0.2) is 12.1 Å². The lowest BCUT2D eigenvalue weighted by molar-refractivity contribution is 0.0922. The van der Waals surface area contributed by atoms with Gasteiger partial charge in [-0.1, -0.05) is 27.2 Å². The summed E-state index contributed by atoms with van der Waals surface area (Å²) in [5.41, 5.74) is 1.03. The predicted molar refractivity (Wildman–Crippen MR) is 74.2 cm³/mol. The van der Waals surface area contributed by atoms with E-state index >= 15 is 0 Å². The highest BCUT2D eigenvalue weighted by Crippen LogP contribution is 2.21. The molecule has 0 heterocycles. The summed E-state index contributed by atoms with van der Waals surface area (Å²) >= 11 is 0. The quantitative estimate of drug-likeness (QED) is 0.546. The molecule has 0 bridgehead atoms. The lowest BCUT2D eigenvalue weighted by atomic mass is 9.92. The first-order valence-electron chi connectivity index (χ1n) is 6.86.